The predicted octanol–water partition coefficient (Wildman–Crippen LogP) is -0.134. The lowest BCUT2D eigenvalue weighted by atomic mass is 10.2. The molecule has 0 saturated heterocycles. The Bertz CT molecular complexity index is 801. The lowest BCUT2D eigenvalue weighted by molar-refractivity contribution is -0.132. The SMILES string of the molecule is CC(=O)Oc1nn(C)c(=O)c2cc(C)n(C)c(=O)c12. The summed E-state index contributed by atoms with van der Waals surface area (Å²) in [6.07, 6.45) is 0. The van der Waals surface area contributed by atoms with E-state index in [4.69, 9.17) is 4.74 Å². The van der Waals surface area contributed by atoms with E-state index in [0.717, 1.165) is 4.68 Å². The Balaban J connectivity index is 3.03. The normalized spacial score (nSPS) is 10.7. The maximum Gasteiger partial charge on any atom is 0.309 e. The quantitative estimate of drug-likeness (QED) is 0.669. The molecule has 0 amide bonds. The highest BCUT2D eigenvalue weighted by atomic mass is 16.5. The fraction of sp³-hybridized carbons (Fsp3) is 0.333. The van der Waals surface area contributed by atoms with E-state index in [1.54, 1.807) is 20.0 Å². The molecule has 2 rings (SSSR count). The van der Waals surface area contributed by atoms with Gasteiger partial charge in [-0.05, 0) is 13.0 Å². The van der Waals surface area contributed by atoms with Crippen LogP contribution in [-0.4, -0.2) is 20.3 Å². The molecule has 0 aliphatic carbocycles. The number of ether oxygens (including phenoxy) is 1. The van der Waals surface area contributed by atoms with E-state index in [0.29, 0.717) is 5.69 Å². The van der Waals surface area contributed by atoms with Gasteiger partial charge in [0.25, 0.3) is 17.0 Å². The fourth-order valence-corrected chi connectivity index (χ4v) is 1.81. The van der Waals surface area contributed by atoms with E-state index >= 15 is 0 Å². The lowest BCUT2D eigenvalue weighted by Crippen LogP contribution is -2.28. The second-order valence-electron chi connectivity index (χ2n) is 4.27. The standard InChI is InChI=1S/C12H13N3O4/c1-6-5-8-9(12(18)14(6)3)10(19-7(2)16)13-15(4)11(8)17/h5H,1-4H3. The molecule has 0 radical (unpaired) electrons. The van der Waals surface area contributed by atoms with Crippen molar-refractivity contribution in [2.75, 3.05) is 0 Å². The monoisotopic (exact) mass is 263 g/mol. The Hall–Kier alpha value is -2.44. The highest BCUT2D eigenvalue weighted by molar-refractivity contribution is 5.87. The molecule has 19 heavy (non-hydrogen) atoms. The Kier molecular flexibility index (Phi) is 2.97. The number of esters is 1. The van der Waals surface area contributed by atoms with Crippen molar-refractivity contribution in [2.24, 2.45) is 14.1 Å². The van der Waals surface area contributed by atoms with Crippen LogP contribution in [0.1, 0.15) is 12.6 Å². The molecule has 0 bridgehead atoms. The van der Waals surface area contributed by atoms with Crippen LogP contribution in [0.4, 0.5) is 0 Å². The summed E-state index contributed by atoms with van der Waals surface area (Å²) in [7, 11) is 3.01. The summed E-state index contributed by atoms with van der Waals surface area (Å²) in [6.45, 7) is 2.92. The van der Waals surface area contributed by atoms with Crippen LogP contribution in [0.3, 0.4) is 0 Å². The second-order valence-corrected chi connectivity index (χ2v) is 4.27. The molecule has 0 saturated carbocycles. The average molecular weight is 263 g/mol. The number of fused-ring (bicyclic) bond motifs is 1. The Morgan fingerprint density at radius 2 is 1.89 bits per heavy atom. The minimum atomic E-state index is -0.602. The van der Waals surface area contributed by atoms with Gasteiger partial charge in [-0.2, -0.15) is 0 Å². The first-order valence-corrected chi connectivity index (χ1v) is 5.59. The molecule has 100 valence electrons. The molecular formula is C12H13N3O4. The lowest BCUT2D eigenvalue weighted by Gasteiger charge is -2.09. The van der Waals surface area contributed by atoms with Crippen LogP contribution >= 0.6 is 0 Å². The summed E-state index contributed by atoms with van der Waals surface area (Å²) in [5.41, 5.74) is -0.197. The molecule has 2 aromatic rings. The van der Waals surface area contributed by atoms with Gasteiger partial charge in [0, 0.05) is 26.7 Å². The molecule has 0 aliphatic heterocycles. The summed E-state index contributed by atoms with van der Waals surface area (Å²) < 4.78 is 7.33. The largest absolute Gasteiger partial charge is 0.405 e. The molecule has 0 unspecified atom stereocenters. The van der Waals surface area contributed by atoms with Gasteiger partial charge in [-0.3, -0.25) is 14.4 Å². The number of carbonyl (C=O) groups excluding carboxylic acids is 1. The Morgan fingerprint density at radius 3 is 2.47 bits per heavy atom. The van der Waals surface area contributed by atoms with E-state index in [2.05, 4.69) is 5.10 Å². The number of nitrogens with zero attached hydrogens (tertiary/aromatic N) is 3. The Labute approximate surface area is 108 Å². The zero-order chi connectivity index (χ0) is 14.3. The summed E-state index contributed by atoms with van der Waals surface area (Å²) in [4.78, 5) is 35.3. The van der Waals surface area contributed by atoms with E-state index < -0.39 is 17.1 Å². The van der Waals surface area contributed by atoms with Crippen molar-refractivity contribution in [1.29, 1.82) is 0 Å². The number of rotatable bonds is 1. The van der Waals surface area contributed by atoms with Gasteiger partial charge in [0.1, 0.15) is 5.39 Å². The molecule has 0 aliphatic rings. The second kappa shape index (κ2) is 4.34. The first kappa shape index (κ1) is 13.0. The van der Waals surface area contributed by atoms with Crippen LogP contribution in [0.5, 0.6) is 5.88 Å². The zero-order valence-corrected chi connectivity index (χ0v) is 11.1. The molecule has 0 N–H and O–H groups in total. The van der Waals surface area contributed by atoms with Crippen molar-refractivity contribution in [3.63, 3.8) is 0 Å². The molecule has 7 nitrogen and oxygen atoms in total. The first-order chi connectivity index (χ1) is 8.82. The van der Waals surface area contributed by atoms with Crippen LogP contribution in [0, 0.1) is 6.92 Å². The third-order valence-corrected chi connectivity index (χ3v) is 2.89. The van der Waals surface area contributed by atoms with Crippen molar-refractivity contribution < 1.29 is 9.53 Å². The summed E-state index contributed by atoms with van der Waals surface area (Å²) >= 11 is 0. The number of pyridine rings is 1. The van der Waals surface area contributed by atoms with Crippen molar-refractivity contribution in [2.45, 2.75) is 13.8 Å². The maximum atomic E-state index is 12.2. The molecule has 2 heterocycles. The minimum absolute atomic E-state index is 0.0198. The summed E-state index contributed by atoms with van der Waals surface area (Å²) in [6, 6.07) is 1.58. The van der Waals surface area contributed by atoms with Gasteiger partial charge < -0.3 is 9.30 Å². The molecule has 0 atom stereocenters. The molecule has 2 aromatic heterocycles. The molecule has 0 spiro atoms. The summed E-state index contributed by atoms with van der Waals surface area (Å²) in [5.74, 6) is -0.750. The fourth-order valence-electron chi connectivity index (χ4n) is 1.81. The number of aromatic nitrogens is 3. The van der Waals surface area contributed by atoms with Crippen molar-refractivity contribution in [3.8, 4) is 5.88 Å². The van der Waals surface area contributed by atoms with Gasteiger partial charge in [0.05, 0.1) is 5.39 Å². The number of aryl methyl sites for hydroxylation is 2. The van der Waals surface area contributed by atoms with E-state index in [9.17, 15) is 14.4 Å². The number of carbonyl (C=O) groups is 1. The number of hydrogen-bond acceptors (Lipinski definition) is 5. The van der Waals surface area contributed by atoms with Gasteiger partial charge in [0.15, 0.2) is 0 Å². The third kappa shape index (κ3) is 2.03. The predicted molar refractivity (Wildman–Crippen MR) is 68.3 cm³/mol. The molecular weight excluding hydrogens is 250 g/mol. The van der Waals surface area contributed by atoms with Crippen LogP contribution in [0.25, 0.3) is 10.8 Å². The van der Waals surface area contributed by atoms with E-state index in [1.165, 1.54) is 18.5 Å². The van der Waals surface area contributed by atoms with Crippen molar-refractivity contribution >= 4 is 16.7 Å². The van der Waals surface area contributed by atoms with Gasteiger partial charge >= 0.3 is 5.97 Å². The number of hydrogen-bond donors (Lipinski definition) is 0. The van der Waals surface area contributed by atoms with E-state index in [-0.39, 0.29) is 16.7 Å². The van der Waals surface area contributed by atoms with Crippen LogP contribution in [0.15, 0.2) is 15.7 Å². The maximum absolute atomic E-state index is 12.2. The van der Waals surface area contributed by atoms with Gasteiger partial charge in [-0.25, -0.2) is 4.68 Å². The highest BCUT2D eigenvalue weighted by Crippen LogP contribution is 2.17. The topological polar surface area (TPSA) is 83.2 Å². The van der Waals surface area contributed by atoms with Crippen molar-refractivity contribution in [3.05, 3.63) is 32.5 Å². The van der Waals surface area contributed by atoms with Crippen molar-refractivity contribution in [1.82, 2.24) is 14.3 Å². The third-order valence-electron chi connectivity index (χ3n) is 2.89. The van der Waals surface area contributed by atoms with Crippen LogP contribution < -0.4 is 15.9 Å². The van der Waals surface area contributed by atoms with Crippen LogP contribution in [-0.2, 0) is 18.9 Å². The first-order valence-electron chi connectivity index (χ1n) is 5.59. The van der Waals surface area contributed by atoms with E-state index in [1.807, 2.05) is 0 Å². The molecule has 0 aromatic carbocycles. The summed E-state index contributed by atoms with van der Waals surface area (Å²) in [5, 5.41) is 4.03. The van der Waals surface area contributed by atoms with Crippen LogP contribution in [0.2, 0.25) is 0 Å². The Morgan fingerprint density at radius 1 is 1.26 bits per heavy atom. The highest BCUT2D eigenvalue weighted by Gasteiger charge is 2.17. The average Bonchev–Trinajstić information content (AvgIpc) is 2.31. The van der Waals surface area contributed by atoms with Gasteiger partial charge in [-0.1, -0.05) is 0 Å². The molecule has 0 fully saturated rings. The minimum Gasteiger partial charge on any atom is -0.405 e. The zero-order valence-electron chi connectivity index (χ0n) is 11.1. The van der Waals surface area contributed by atoms with Gasteiger partial charge in [0.2, 0.25) is 0 Å². The van der Waals surface area contributed by atoms with Gasteiger partial charge in [-0.15, -0.1) is 5.10 Å². The molecule has 7 heteroatoms. The smallest absolute Gasteiger partial charge is 0.309 e.